The Bertz CT molecular complexity index is 514. The maximum absolute atomic E-state index is 5.72. The summed E-state index contributed by atoms with van der Waals surface area (Å²) in [6.45, 7) is 3.04. The molecular weight excluding hydrogens is 238 g/mol. The molecule has 100 valence electrons. The Morgan fingerprint density at radius 2 is 1.95 bits per heavy atom. The average Bonchev–Trinajstić information content (AvgIpc) is 2.45. The zero-order valence-electron chi connectivity index (χ0n) is 11.2. The average molecular weight is 257 g/mol. The normalized spacial score (nSPS) is 10.4. The van der Waals surface area contributed by atoms with Crippen molar-refractivity contribution in [2.24, 2.45) is 5.73 Å². The van der Waals surface area contributed by atoms with Crippen LogP contribution in [0.4, 0.5) is 0 Å². The molecule has 2 aromatic rings. The van der Waals surface area contributed by atoms with Crippen molar-refractivity contribution in [1.82, 2.24) is 9.97 Å². The summed E-state index contributed by atoms with van der Waals surface area (Å²) in [5.74, 6) is 0.664. The molecule has 0 saturated heterocycles. The van der Waals surface area contributed by atoms with Gasteiger partial charge in [0.2, 0.25) is 5.88 Å². The first kappa shape index (κ1) is 13.5. The molecule has 0 unspecified atom stereocenters. The van der Waals surface area contributed by atoms with Crippen molar-refractivity contribution < 1.29 is 4.74 Å². The first-order valence-electron chi connectivity index (χ1n) is 6.48. The van der Waals surface area contributed by atoms with Crippen molar-refractivity contribution in [3.8, 4) is 5.88 Å². The van der Waals surface area contributed by atoms with E-state index in [-0.39, 0.29) is 0 Å². The molecule has 0 aliphatic rings. The summed E-state index contributed by atoms with van der Waals surface area (Å²) in [4.78, 5) is 8.37. The standard InChI is InChI=1S/C15H19N3O/c1-12-4-5-14(11-16)15(18-12)19-10-2-3-13-6-8-17-9-7-13/h4-9H,2-3,10-11,16H2,1H3. The van der Waals surface area contributed by atoms with Crippen LogP contribution in [0.1, 0.15) is 23.2 Å². The molecule has 0 aliphatic heterocycles. The number of nitrogens with zero attached hydrogens (tertiary/aromatic N) is 2. The Balaban J connectivity index is 1.84. The number of aromatic nitrogens is 2. The molecule has 0 aliphatic carbocycles. The van der Waals surface area contributed by atoms with Crippen molar-refractivity contribution in [3.63, 3.8) is 0 Å². The van der Waals surface area contributed by atoms with Crippen LogP contribution in [0.25, 0.3) is 0 Å². The number of nitrogens with two attached hydrogens (primary N) is 1. The molecular formula is C15H19N3O. The van der Waals surface area contributed by atoms with E-state index in [1.807, 2.05) is 43.6 Å². The Hall–Kier alpha value is -1.94. The smallest absolute Gasteiger partial charge is 0.218 e. The molecule has 2 heterocycles. The summed E-state index contributed by atoms with van der Waals surface area (Å²) in [6, 6.07) is 7.97. The van der Waals surface area contributed by atoms with E-state index in [0.717, 1.165) is 24.1 Å². The molecule has 2 aromatic heterocycles. The highest BCUT2D eigenvalue weighted by molar-refractivity contribution is 5.27. The maximum atomic E-state index is 5.72. The predicted octanol–water partition coefficient (Wildman–Crippen LogP) is 2.26. The second-order valence-corrected chi connectivity index (χ2v) is 4.43. The fourth-order valence-corrected chi connectivity index (χ4v) is 1.84. The number of pyridine rings is 2. The van der Waals surface area contributed by atoms with Crippen LogP contribution in [-0.4, -0.2) is 16.6 Å². The van der Waals surface area contributed by atoms with E-state index in [9.17, 15) is 0 Å². The molecule has 0 saturated carbocycles. The fraction of sp³-hybridized carbons (Fsp3) is 0.333. The minimum atomic E-state index is 0.451. The van der Waals surface area contributed by atoms with Crippen molar-refractivity contribution in [2.45, 2.75) is 26.3 Å². The van der Waals surface area contributed by atoms with Crippen LogP contribution in [0.3, 0.4) is 0 Å². The second-order valence-electron chi connectivity index (χ2n) is 4.43. The van der Waals surface area contributed by atoms with E-state index in [0.29, 0.717) is 19.0 Å². The zero-order chi connectivity index (χ0) is 13.5. The summed E-state index contributed by atoms with van der Waals surface area (Å²) >= 11 is 0. The van der Waals surface area contributed by atoms with E-state index < -0.39 is 0 Å². The van der Waals surface area contributed by atoms with Gasteiger partial charge in [0.25, 0.3) is 0 Å². The van der Waals surface area contributed by atoms with E-state index in [4.69, 9.17) is 10.5 Å². The highest BCUT2D eigenvalue weighted by Gasteiger charge is 2.04. The summed E-state index contributed by atoms with van der Waals surface area (Å²) in [6.07, 6.45) is 5.55. The fourth-order valence-electron chi connectivity index (χ4n) is 1.84. The maximum Gasteiger partial charge on any atom is 0.218 e. The van der Waals surface area contributed by atoms with Gasteiger partial charge < -0.3 is 10.5 Å². The first-order valence-corrected chi connectivity index (χ1v) is 6.48. The van der Waals surface area contributed by atoms with Crippen molar-refractivity contribution in [1.29, 1.82) is 0 Å². The van der Waals surface area contributed by atoms with Crippen molar-refractivity contribution in [2.75, 3.05) is 6.61 Å². The van der Waals surface area contributed by atoms with Gasteiger partial charge >= 0.3 is 0 Å². The zero-order valence-corrected chi connectivity index (χ0v) is 11.2. The van der Waals surface area contributed by atoms with Crippen LogP contribution < -0.4 is 10.5 Å². The molecule has 0 amide bonds. The Kier molecular flexibility index (Phi) is 4.86. The number of hydrogen-bond acceptors (Lipinski definition) is 4. The van der Waals surface area contributed by atoms with Gasteiger partial charge in [-0.2, -0.15) is 0 Å². The second kappa shape index (κ2) is 6.85. The monoisotopic (exact) mass is 257 g/mol. The lowest BCUT2D eigenvalue weighted by Crippen LogP contribution is -2.07. The number of ether oxygens (including phenoxy) is 1. The van der Waals surface area contributed by atoms with Crippen LogP contribution >= 0.6 is 0 Å². The summed E-state index contributed by atoms with van der Waals surface area (Å²) in [5, 5.41) is 0. The van der Waals surface area contributed by atoms with Gasteiger partial charge in [0.05, 0.1) is 6.61 Å². The van der Waals surface area contributed by atoms with Crippen LogP contribution in [0.2, 0.25) is 0 Å². The molecule has 2 N–H and O–H groups in total. The molecule has 2 rings (SSSR count). The number of rotatable bonds is 6. The van der Waals surface area contributed by atoms with Gasteiger partial charge in [0.15, 0.2) is 0 Å². The first-order chi connectivity index (χ1) is 9.29. The number of aryl methyl sites for hydroxylation is 2. The highest BCUT2D eigenvalue weighted by atomic mass is 16.5. The van der Waals surface area contributed by atoms with Crippen LogP contribution in [0.5, 0.6) is 5.88 Å². The lowest BCUT2D eigenvalue weighted by molar-refractivity contribution is 0.295. The van der Waals surface area contributed by atoms with Gasteiger partial charge in [-0.05, 0) is 43.5 Å². The third kappa shape index (κ3) is 4.03. The lowest BCUT2D eigenvalue weighted by Gasteiger charge is -2.10. The van der Waals surface area contributed by atoms with E-state index in [2.05, 4.69) is 9.97 Å². The molecule has 0 radical (unpaired) electrons. The lowest BCUT2D eigenvalue weighted by atomic mass is 10.1. The van der Waals surface area contributed by atoms with E-state index >= 15 is 0 Å². The van der Waals surface area contributed by atoms with E-state index in [1.165, 1.54) is 5.56 Å². The quantitative estimate of drug-likeness (QED) is 0.806. The highest BCUT2D eigenvalue weighted by Crippen LogP contribution is 2.15. The third-order valence-electron chi connectivity index (χ3n) is 2.90. The molecule has 0 fully saturated rings. The van der Waals surface area contributed by atoms with Crippen LogP contribution in [0.15, 0.2) is 36.7 Å². The Labute approximate surface area is 113 Å². The van der Waals surface area contributed by atoms with Gasteiger partial charge in [-0.25, -0.2) is 4.98 Å². The summed E-state index contributed by atoms with van der Waals surface area (Å²) < 4.78 is 5.72. The SMILES string of the molecule is Cc1ccc(CN)c(OCCCc2ccncc2)n1. The summed E-state index contributed by atoms with van der Waals surface area (Å²) in [7, 11) is 0. The molecule has 0 bridgehead atoms. The van der Waals surface area contributed by atoms with Crippen molar-refractivity contribution in [3.05, 3.63) is 53.5 Å². The molecule has 0 aromatic carbocycles. The van der Waals surface area contributed by atoms with Gasteiger partial charge in [0, 0.05) is 30.2 Å². The molecule has 4 nitrogen and oxygen atoms in total. The third-order valence-corrected chi connectivity index (χ3v) is 2.90. The van der Waals surface area contributed by atoms with Crippen molar-refractivity contribution >= 4 is 0 Å². The van der Waals surface area contributed by atoms with Gasteiger partial charge in [-0.3, -0.25) is 4.98 Å². The Morgan fingerprint density at radius 3 is 2.68 bits per heavy atom. The van der Waals surface area contributed by atoms with Gasteiger partial charge in [0.1, 0.15) is 0 Å². The number of hydrogen-bond donors (Lipinski definition) is 1. The molecule has 19 heavy (non-hydrogen) atoms. The molecule has 0 atom stereocenters. The van der Waals surface area contributed by atoms with E-state index in [1.54, 1.807) is 0 Å². The minimum absolute atomic E-state index is 0.451. The molecule has 0 spiro atoms. The summed E-state index contributed by atoms with van der Waals surface area (Å²) in [5.41, 5.74) is 8.84. The van der Waals surface area contributed by atoms with Crippen LogP contribution in [0, 0.1) is 6.92 Å². The van der Waals surface area contributed by atoms with Crippen LogP contribution in [-0.2, 0) is 13.0 Å². The Morgan fingerprint density at radius 1 is 1.16 bits per heavy atom. The minimum Gasteiger partial charge on any atom is -0.477 e. The predicted molar refractivity (Wildman–Crippen MR) is 74.9 cm³/mol. The largest absolute Gasteiger partial charge is 0.477 e. The van der Waals surface area contributed by atoms with Gasteiger partial charge in [-0.1, -0.05) is 6.07 Å². The molecule has 4 heteroatoms. The van der Waals surface area contributed by atoms with Gasteiger partial charge in [-0.15, -0.1) is 0 Å². The topological polar surface area (TPSA) is 61.0 Å².